The molecule has 60 valence electrons. The molecule has 1 rings (SSSR count). The van der Waals surface area contributed by atoms with Gasteiger partial charge in [-0.1, -0.05) is 0 Å². The number of aliphatic imine (C=N–C) groups is 1. The minimum absolute atomic E-state index is 0.637. The molecule has 0 aliphatic rings. The van der Waals surface area contributed by atoms with E-state index in [9.17, 15) is 4.79 Å². The zero-order chi connectivity index (χ0) is 8.81. The summed E-state index contributed by atoms with van der Waals surface area (Å²) in [7, 11) is 0. The molecule has 0 heterocycles. The van der Waals surface area contributed by atoms with Crippen molar-refractivity contribution >= 4 is 38.1 Å². The predicted octanol–water partition coefficient (Wildman–Crippen LogP) is 0.960. The molecule has 1 aromatic carbocycles. The molecule has 0 fully saturated rings. The molecule has 0 aliphatic heterocycles. The SMILES string of the molecule is O=CNc1ccc(N=C=[Se])cc1. The molecule has 0 bridgehead atoms. The molecule has 0 aliphatic carbocycles. The van der Waals surface area contributed by atoms with Gasteiger partial charge in [0.05, 0.1) is 0 Å². The fourth-order valence-electron chi connectivity index (χ4n) is 0.753. The van der Waals surface area contributed by atoms with Gasteiger partial charge in [-0.2, -0.15) is 0 Å². The van der Waals surface area contributed by atoms with Crippen molar-refractivity contribution < 1.29 is 4.79 Å². The number of hydrogen-bond donors (Lipinski definition) is 1. The zero-order valence-electron chi connectivity index (χ0n) is 6.15. The Labute approximate surface area is 77.9 Å². The first-order valence-electron chi connectivity index (χ1n) is 3.25. The van der Waals surface area contributed by atoms with Crippen molar-refractivity contribution in [2.24, 2.45) is 4.99 Å². The summed E-state index contributed by atoms with van der Waals surface area (Å²) in [6, 6.07) is 7.11. The second-order valence-electron chi connectivity index (χ2n) is 2.01. The third-order valence-corrected chi connectivity index (χ3v) is 1.46. The van der Waals surface area contributed by atoms with Crippen molar-refractivity contribution in [3.05, 3.63) is 24.3 Å². The van der Waals surface area contributed by atoms with Crippen molar-refractivity contribution in [3.8, 4) is 0 Å². The van der Waals surface area contributed by atoms with E-state index in [1.807, 2.05) is 0 Å². The van der Waals surface area contributed by atoms with Crippen LogP contribution in [0.15, 0.2) is 29.3 Å². The van der Waals surface area contributed by atoms with Crippen LogP contribution in [-0.2, 0) is 4.79 Å². The molecular formula is C8H6N2OSe. The molecule has 0 unspecified atom stereocenters. The van der Waals surface area contributed by atoms with Crippen LogP contribution < -0.4 is 5.32 Å². The van der Waals surface area contributed by atoms with Crippen LogP contribution in [0.25, 0.3) is 0 Å². The Morgan fingerprint density at radius 1 is 1.42 bits per heavy atom. The van der Waals surface area contributed by atoms with E-state index in [-0.39, 0.29) is 0 Å². The molecule has 0 saturated heterocycles. The Morgan fingerprint density at radius 3 is 2.58 bits per heavy atom. The van der Waals surface area contributed by atoms with Crippen LogP contribution in [0.2, 0.25) is 0 Å². The van der Waals surface area contributed by atoms with Crippen molar-refractivity contribution in [1.29, 1.82) is 0 Å². The summed E-state index contributed by atoms with van der Waals surface area (Å²) in [5.74, 6) is 0. The van der Waals surface area contributed by atoms with Gasteiger partial charge in [-0.15, -0.1) is 0 Å². The molecule has 1 amide bonds. The number of carbonyl (C=O) groups is 1. The van der Waals surface area contributed by atoms with Gasteiger partial charge in [-0.25, -0.2) is 0 Å². The quantitative estimate of drug-likeness (QED) is 0.464. The van der Waals surface area contributed by atoms with Gasteiger partial charge in [0.15, 0.2) is 0 Å². The first-order valence-corrected chi connectivity index (χ1v) is 4.10. The molecule has 1 N–H and O–H groups in total. The molecular weight excluding hydrogens is 219 g/mol. The Bertz CT molecular complexity index is 314. The number of nitrogens with zero attached hydrogens (tertiary/aromatic N) is 1. The van der Waals surface area contributed by atoms with E-state index in [0.29, 0.717) is 6.41 Å². The summed E-state index contributed by atoms with van der Waals surface area (Å²) in [6.07, 6.45) is 0.637. The molecule has 4 heteroatoms. The predicted molar refractivity (Wildman–Crippen MR) is 49.0 cm³/mol. The number of amides is 1. The summed E-state index contributed by atoms with van der Waals surface area (Å²) < 4.78 is 2.55. The van der Waals surface area contributed by atoms with E-state index in [0.717, 1.165) is 11.4 Å². The van der Waals surface area contributed by atoms with Gasteiger partial charge < -0.3 is 0 Å². The van der Waals surface area contributed by atoms with E-state index in [1.54, 1.807) is 24.3 Å². The van der Waals surface area contributed by atoms with Crippen LogP contribution in [0.5, 0.6) is 0 Å². The first kappa shape index (κ1) is 8.88. The standard InChI is InChI=1S/C8H6N2OSe/c11-5-9-7-1-3-8(4-2-7)10-6-12/h1-5H,(H,9,11). The third-order valence-electron chi connectivity index (χ3n) is 1.27. The third kappa shape index (κ3) is 2.44. The van der Waals surface area contributed by atoms with Crippen LogP contribution in [0.4, 0.5) is 11.4 Å². The summed E-state index contributed by atoms with van der Waals surface area (Å²) in [6.45, 7) is 0. The van der Waals surface area contributed by atoms with Gasteiger partial charge in [0, 0.05) is 0 Å². The Hall–Kier alpha value is -1.21. The molecule has 0 spiro atoms. The normalized spacial score (nSPS) is 8.33. The second kappa shape index (κ2) is 4.62. The van der Waals surface area contributed by atoms with Crippen LogP contribution in [0, 0.1) is 0 Å². The van der Waals surface area contributed by atoms with Crippen LogP contribution in [0.1, 0.15) is 0 Å². The molecule has 1 aromatic rings. The van der Waals surface area contributed by atoms with E-state index in [4.69, 9.17) is 0 Å². The van der Waals surface area contributed by atoms with Crippen molar-refractivity contribution in [2.45, 2.75) is 0 Å². The van der Waals surface area contributed by atoms with E-state index >= 15 is 0 Å². The van der Waals surface area contributed by atoms with Gasteiger partial charge >= 0.3 is 77.4 Å². The fourth-order valence-corrected chi connectivity index (χ4v) is 0.974. The van der Waals surface area contributed by atoms with Gasteiger partial charge in [0.25, 0.3) is 0 Å². The molecule has 3 nitrogen and oxygen atoms in total. The average molecular weight is 225 g/mol. The Morgan fingerprint density at radius 2 is 2.08 bits per heavy atom. The fraction of sp³-hybridized carbons (Fsp3) is 0. The van der Waals surface area contributed by atoms with E-state index < -0.39 is 0 Å². The van der Waals surface area contributed by atoms with Gasteiger partial charge in [-0.3, -0.25) is 0 Å². The Balaban J connectivity index is 2.84. The summed E-state index contributed by atoms with van der Waals surface area (Å²) in [5, 5.41) is 2.53. The van der Waals surface area contributed by atoms with Crippen molar-refractivity contribution in [2.75, 3.05) is 5.32 Å². The first-order chi connectivity index (χ1) is 5.86. The zero-order valence-corrected chi connectivity index (χ0v) is 7.86. The van der Waals surface area contributed by atoms with E-state index in [2.05, 4.69) is 30.6 Å². The second-order valence-corrected chi connectivity index (χ2v) is 2.40. The number of nitrogens with one attached hydrogen (secondary N) is 1. The summed E-state index contributed by atoms with van der Waals surface area (Å²) >= 11 is 2.54. The topological polar surface area (TPSA) is 41.5 Å². The number of anilines is 1. The molecule has 0 aromatic heterocycles. The summed E-state index contributed by atoms with van der Waals surface area (Å²) in [4.78, 5) is 13.9. The maximum atomic E-state index is 10.0. The van der Waals surface area contributed by atoms with Gasteiger partial charge in [0.2, 0.25) is 0 Å². The van der Waals surface area contributed by atoms with Crippen LogP contribution in [-0.4, -0.2) is 26.7 Å². The maximum absolute atomic E-state index is 10.0. The number of hydrogen-bond acceptors (Lipinski definition) is 2. The molecule has 12 heavy (non-hydrogen) atoms. The number of benzene rings is 1. The van der Waals surface area contributed by atoms with Gasteiger partial charge in [-0.05, 0) is 0 Å². The van der Waals surface area contributed by atoms with Crippen LogP contribution in [0.3, 0.4) is 0 Å². The van der Waals surface area contributed by atoms with E-state index in [1.165, 1.54) is 0 Å². The van der Waals surface area contributed by atoms with Crippen molar-refractivity contribution in [1.82, 2.24) is 0 Å². The summed E-state index contributed by atoms with van der Waals surface area (Å²) in [5.41, 5.74) is 1.55. The Kier molecular flexibility index (Phi) is 3.42. The van der Waals surface area contributed by atoms with Gasteiger partial charge in [0.1, 0.15) is 0 Å². The average Bonchev–Trinajstić information content (AvgIpc) is 2.09. The van der Waals surface area contributed by atoms with Crippen LogP contribution >= 0.6 is 0 Å². The molecule has 0 atom stereocenters. The monoisotopic (exact) mass is 226 g/mol. The number of carbonyl (C=O) groups excluding carboxylic acids is 1. The minimum atomic E-state index is 0.637. The number of rotatable bonds is 3. The molecule has 0 saturated carbocycles. The van der Waals surface area contributed by atoms with Crippen molar-refractivity contribution in [3.63, 3.8) is 0 Å². The molecule has 0 radical (unpaired) electrons.